The Morgan fingerprint density at radius 1 is 1.26 bits per heavy atom. The van der Waals surface area contributed by atoms with Gasteiger partial charge in [-0.2, -0.15) is 13.2 Å². The SMILES string of the molecule is Cc1cc(Nc2nccn3c(C4=CCN=C4C(F)(F)F)cnc23)ccc1C(=O)N1CCN[C@@H](C)C1. The second kappa shape index (κ2) is 8.81. The number of aliphatic imine (C=N–C) groups is 1. The summed E-state index contributed by atoms with van der Waals surface area (Å²) in [4.78, 5) is 27.1. The van der Waals surface area contributed by atoms with Gasteiger partial charge in [-0.15, -0.1) is 0 Å². The molecule has 1 saturated heterocycles. The van der Waals surface area contributed by atoms with Gasteiger partial charge in [-0.1, -0.05) is 6.08 Å². The minimum absolute atomic E-state index is 0.00286. The number of aromatic nitrogens is 3. The minimum atomic E-state index is -4.54. The lowest BCUT2D eigenvalue weighted by Crippen LogP contribution is -2.51. The number of anilines is 2. The predicted octanol–water partition coefficient (Wildman–Crippen LogP) is 3.62. The van der Waals surface area contributed by atoms with Crippen molar-refractivity contribution in [2.45, 2.75) is 26.1 Å². The maximum atomic E-state index is 13.4. The van der Waals surface area contributed by atoms with Crippen LogP contribution < -0.4 is 10.6 Å². The molecule has 0 bridgehead atoms. The van der Waals surface area contributed by atoms with Crippen molar-refractivity contribution in [3.63, 3.8) is 0 Å². The zero-order valence-electron chi connectivity index (χ0n) is 19.2. The number of carbonyl (C=O) groups excluding carboxylic acids is 1. The average Bonchev–Trinajstić information content (AvgIpc) is 3.46. The molecule has 2 aliphatic rings. The van der Waals surface area contributed by atoms with Crippen LogP contribution in [0, 0.1) is 6.92 Å². The van der Waals surface area contributed by atoms with E-state index in [1.807, 2.05) is 24.8 Å². The fraction of sp³-hybridized carbons (Fsp3) is 0.333. The molecule has 2 aromatic heterocycles. The molecule has 11 heteroatoms. The molecule has 2 aliphatic heterocycles. The number of aryl methyl sites for hydroxylation is 1. The Balaban J connectivity index is 1.40. The third-order valence-corrected chi connectivity index (χ3v) is 6.15. The second-order valence-electron chi connectivity index (χ2n) is 8.68. The maximum Gasteiger partial charge on any atom is 0.433 e. The van der Waals surface area contributed by atoms with Gasteiger partial charge in [0.25, 0.3) is 5.91 Å². The molecule has 182 valence electrons. The summed E-state index contributed by atoms with van der Waals surface area (Å²) in [5.41, 5.74) is 1.90. The van der Waals surface area contributed by atoms with Crippen molar-refractivity contribution >= 4 is 34.3 Å². The zero-order chi connectivity index (χ0) is 24.7. The Kier molecular flexibility index (Phi) is 5.79. The number of imidazole rings is 1. The van der Waals surface area contributed by atoms with Crippen LogP contribution in [0.2, 0.25) is 0 Å². The van der Waals surface area contributed by atoms with Crippen molar-refractivity contribution in [2.75, 3.05) is 31.5 Å². The van der Waals surface area contributed by atoms with Crippen LogP contribution in [0.15, 0.2) is 47.9 Å². The van der Waals surface area contributed by atoms with Crippen LogP contribution in [0.5, 0.6) is 0 Å². The molecular weight excluding hydrogens is 459 g/mol. The number of fused-ring (bicyclic) bond motifs is 1. The van der Waals surface area contributed by atoms with Crippen molar-refractivity contribution in [3.05, 3.63) is 59.7 Å². The highest BCUT2D eigenvalue weighted by Crippen LogP contribution is 2.32. The molecule has 0 radical (unpaired) electrons. The Hall–Kier alpha value is -3.73. The van der Waals surface area contributed by atoms with Crippen LogP contribution in [-0.4, -0.2) is 69.3 Å². The largest absolute Gasteiger partial charge is 0.433 e. The maximum absolute atomic E-state index is 13.4. The van der Waals surface area contributed by atoms with E-state index in [9.17, 15) is 18.0 Å². The van der Waals surface area contributed by atoms with E-state index < -0.39 is 11.9 Å². The summed E-state index contributed by atoms with van der Waals surface area (Å²) in [5, 5.41) is 6.51. The average molecular weight is 483 g/mol. The first-order chi connectivity index (χ1) is 16.7. The van der Waals surface area contributed by atoms with Crippen LogP contribution in [-0.2, 0) is 0 Å². The lowest BCUT2D eigenvalue weighted by atomic mass is 10.1. The normalized spacial score (nSPS) is 18.5. The van der Waals surface area contributed by atoms with Gasteiger partial charge < -0.3 is 15.5 Å². The first-order valence-electron chi connectivity index (χ1n) is 11.3. The highest BCUT2D eigenvalue weighted by molar-refractivity contribution is 6.27. The highest BCUT2D eigenvalue weighted by atomic mass is 19.4. The van der Waals surface area contributed by atoms with Crippen LogP contribution >= 0.6 is 0 Å². The molecule has 1 amide bonds. The van der Waals surface area contributed by atoms with E-state index in [2.05, 4.69) is 25.6 Å². The molecule has 1 aromatic carbocycles. The number of hydrogen-bond donors (Lipinski definition) is 2. The number of nitrogens with one attached hydrogen (secondary N) is 2. The number of nitrogens with zero attached hydrogens (tertiary/aromatic N) is 5. The van der Waals surface area contributed by atoms with Gasteiger partial charge in [-0.25, -0.2) is 9.97 Å². The number of benzene rings is 1. The first-order valence-corrected chi connectivity index (χ1v) is 11.3. The van der Waals surface area contributed by atoms with E-state index in [-0.39, 0.29) is 24.1 Å². The van der Waals surface area contributed by atoms with E-state index in [0.717, 1.165) is 12.1 Å². The van der Waals surface area contributed by atoms with E-state index in [4.69, 9.17) is 0 Å². The third kappa shape index (κ3) is 4.39. The number of piperazine rings is 1. The summed E-state index contributed by atoms with van der Waals surface area (Å²) in [6.07, 6.45) is 1.36. The van der Waals surface area contributed by atoms with E-state index in [1.165, 1.54) is 18.5 Å². The zero-order valence-corrected chi connectivity index (χ0v) is 19.2. The molecule has 8 nitrogen and oxygen atoms in total. The number of halogens is 3. The van der Waals surface area contributed by atoms with Gasteiger partial charge >= 0.3 is 6.18 Å². The van der Waals surface area contributed by atoms with Crippen molar-refractivity contribution in [1.29, 1.82) is 0 Å². The number of amides is 1. The quantitative estimate of drug-likeness (QED) is 0.592. The minimum Gasteiger partial charge on any atom is -0.337 e. The molecule has 2 N–H and O–H groups in total. The van der Waals surface area contributed by atoms with Gasteiger partial charge in [0.1, 0.15) is 5.71 Å². The molecule has 0 spiro atoms. The molecule has 1 fully saturated rings. The van der Waals surface area contributed by atoms with Crippen molar-refractivity contribution in [1.82, 2.24) is 24.6 Å². The Bertz CT molecular complexity index is 1360. The van der Waals surface area contributed by atoms with Gasteiger partial charge in [-0.05, 0) is 37.6 Å². The topological polar surface area (TPSA) is 86.9 Å². The summed E-state index contributed by atoms with van der Waals surface area (Å²) in [7, 11) is 0. The lowest BCUT2D eigenvalue weighted by molar-refractivity contribution is -0.0571. The van der Waals surface area contributed by atoms with Crippen LogP contribution in [0.4, 0.5) is 24.7 Å². The van der Waals surface area contributed by atoms with Crippen LogP contribution in [0.1, 0.15) is 28.5 Å². The van der Waals surface area contributed by atoms with Gasteiger partial charge in [0, 0.05) is 54.9 Å². The summed E-state index contributed by atoms with van der Waals surface area (Å²) in [6.45, 7) is 5.98. The Labute approximate surface area is 199 Å². The van der Waals surface area contributed by atoms with Crippen molar-refractivity contribution in [2.24, 2.45) is 4.99 Å². The molecule has 0 saturated carbocycles. The number of alkyl halides is 3. The molecule has 0 unspecified atom stereocenters. The molecule has 0 aliphatic carbocycles. The second-order valence-corrected chi connectivity index (χ2v) is 8.68. The van der Waals surface area contributed by atoms with Crippen molar-refractivity contribution < 1.29 is 18.0 Å². The standard InChI is InChI=1S/C24H24F3N7O/c1-14-11-16(3-4-17(14)23(35)33-9-7-28-15(2)13-33)32-21-22-31-12-19(34(22)10-8-30-21)18-5-6-29-20(18)24(25,26)27/h3-5,8,10-12,15,28H,6-7,9,13H2,1-2H3,(H,30,32)/t15-/m0/s1. The molecular formula is C24H24F3N7O. The van der Waals surface area contributed by atoms with Gasteiger partial charge in [0.2, 0.25) is 0 Å². The Morgan fingerprint density at radius 3 is 2.83 bits per heavy atom. The lowest BCUT2D eigenvalue weighted by Gasteiger charge is -2.32. The van der Waals surface area contributed by atoms with E-state index in [1.54, 1.807) is 22.7 Å². The summed E-state index contributed by atoms with van der Waals surface area (Å²) in [5.74, 6) is 0.379. The predicted molar refractivity (Wildman–Crippen MR) is 127 cm³/mol. The Morgan fingerprint density at radius 2 is 2.09 bits per heavy atom. The monoisotopic (exact) mass is 483 g/mol. The number of rotatable bonds is 4. The molecule has 5 rings (SSSR count). The van der Waals surface area contributed by atoms with E-state index >= 15 is 0 Å². The number of carbonyl (C=O) groups is 1. The molecule has 1 atom stereocenters. The fourth-order valence-electron chi connectivity index (χ4n) is 4.49. The van der Waals surface area contributed by atoms with E-state index in [0.29, 0.717) is 41.5 Å². The molecule has 3 aromatic rings. The third-order valence-electron chi connectivity index (χ3n) is 6.15. The van der Waals surface area contributed by atoms with Gasteiger partial charge in [0.15, 0.2) is 11.5 Å². The molecule has 4 heterocycles. The van der Waals surface area contributed by atoms with Crippen molar-refractivity contribution in [3.8, 4) is 0 Å². The fourth-order valence-corrected chi connectivity index (χ4v) is 4.49. The molecule has 35 heavy (non-hydrogen) atoms. The first kappa shape index (κ1) is 23.0. The summed E-state index contributed by atoms with van der Waals surface area (Å²) >= 11 is 0. The van der Waals surface area contributed by atoms with Crippen LogP contribution in [0.3, 0.4) is 0 Å². The summed E-state index contributed by atoms with van der Waals surface area (Å²) < 4.78 is 41.7. The number of allylic oxidation sites excluding steroid dienone is 1. The number of hydrogen-bond acceptors (Lipinski definition) is 6. The highest BCUT2D eigenvalue weighted by Gasteiger charge is 2.40. The summed E-state index contributed by atoms with van der Waals surface area (Å²) in [6, 6.07) is 5.66. The van der Waals surface area contributed by atoms with Gasteiger partial charge in [-0.3, -0.25) is 14.2 Å². The smallest absolute Gasteiger partial charge is 0.337 e. The van der Waals surface area contributed by atoms with Gasteiger partial charge in [0.05, 0.1) is 18.4 Å². The van der Waals surface area contributed by atoms with Crippen LogP contribution in [0.25, 0.3) is 11.2 Å².